The lowest BCUT2D eigenvalue weighted by Crippen LogP contribution is -2.00. The Morgan fingerprint density at radius 3 is 2.00 bits per heavy atom. The minimum Gasteiger partial charge on any atom is -0.211 e. The molecule has 31 heavy (non-hydrogen) atoms. The quantitative estimate of drug-likeness (QED) is 0.361. The average molecular weight is 400 g/mol. The van der Waals surface area contributed by atoms with Crippen molar-refractivity contribution in [3.63, 3.8) is 0 Å². The molecule has 0 saturated heterocycles. The van der Waals surface area contributed by atoms with E-state index >= 15 is 0 Å². The molecule has 0 atom stereocenters. The molecule has 0 aliphatic rings. The number of hydrogen-bond acceptors (Lipinski definition) is 3. The van der Waals surface area contributed by atoms with Crippen molar-refractivity contribution in [3.8, 4) is 39.8 Å². The molecule has 0 bridgehead atoms. The predicted octanol–water partition coefficient (Wildman–Crippen LogP) is 6.22. The standard InChI is InChI=1S/C27H20N4/c1-18-10-6-8-14-21(18)25-16-23(20-12-4-3-5-13-20)24(17-28)27-29-26(30-31(25)27)22-15-9-7-11-19(22)2/h3-16H,1-2H3. The zero-order chi connectivity index (χ0) is 21.4. The van der Waals surface area contributed by atoms with Gasteiger partial charge in [0.05, 0.1) is 5.69 Å². The molecule has 5 rings (SSSR count). The van der Waals surface area contributed by atoms with Gasteiger partial charge in [-0.2, -0.15) is 5.26 Å². The largest absolute Gasteiger partial charge is 0.211 e. The van der Waals surface area contributed by atoms with Crippen LogP contribution in [0.1, 0.15) is 16.7 Å². The number of hydrogen-bond donors (Lipinski definition) is 0. The highest BCUT2D eigenvalue weighted by Gasteiger charge is 2.20. The Morgan fingerprint density at radius 2 is 1.35 bits per heavy atom. The number of aromatic nitrogens is 3. The van der Waals surface area contributed by atoms with E-state index in [2.05, 4.69) is 31.2 Å². The second-order valence-corrected chi connectivity index (χ2v) is 7.60. The van der Waals surface area contributed by atoms with Gasteiger partial charge in [-0.1, -0.05) is 78.9 Å². The highest BCUT2D eigenvalue weighted by atomic mass is 15.3. The smallest absolute Gasteiger partial charge is 0.182 e. The van der Waals surface area contributed by atoms with Crippen LogP contribution in [0.4, 0.5) is 0 Å². The summed E-state index contributed by atoms with van der Waals surface area (Å²) in [5.74, 6) is 0.620. The second kappa shape index (κ2) is 7.55. The number of rotatable bonds is 3. The van der Waals surface area contributed by atoms with Crippen molar-refractivity contribution in [1.29, 1.82) is 5.26 Å². The topological polar surface area (TPSA) is 54.0 Å². The number of fused-ring (bicyclic) bond motifs is 1. The van der Waals surface area contributed by atoms with Crippen LogP contribution >= 0.6 is 0 Å². The molecule has 148 valence electrons. The van der Waals surface area contributed by atoms with E-state index in [1.165, 1.54) is 0 Å². The van der Waals surface area contributed by atoms with Crippen molar-refractivity contribution in [2.75, 3.05) is 0 Å². The van der Waals surface area contributed by atoms with Crippen LogP contribution in [-0.2, 0) is 0 Å². The first kappa shape index (κ1) is 18.8. The normalized spacial score (nSPS) is 10.9. The number of benzene rings is 3. The molecule has 0 aliphatic heterocycles. The van der Waals surface area contributed by atoms with Gasteiger partial charge in [0, 0.05) is 16.7 Å². The van der Waals surface area contributed by atoms with E-state index in [0.717, 1.165) is 39.1 Å². The summed E-state index contributed by atoms with van der Waals surface area (Å²) in [6.07, 6.45) is 0. The summed E-state index contributed by atoms with van der Waals surface area (Å²) in [5, 5.41) is 15.0. The van der Waals surface area contributed by atoms with E-state index in [-0.39, 0.29) is 0 Å². The zero-order valence-corrected chi connectivity index (χ0v) is 17.4. The summed E-state index contributed by atoms with van der Waals surface area (Å²) in [6, 6.07) is 30.7. The van der Waals surface area contributed by atoms with Crippen molar-refractivity contribution in [2.45, 2.75) is 13.8 Å². The molecule has 4 heteroatoms. The van der Waals surface area contributed by atoms with Gasteiger partial charge in [0.15, 0.2) is 11.5 Å². The third kappa shape index (κ3) is 3.17. The Balaban J connectivity index is 1.90. The maximum atomic E-state index is 10.1. The molecule has 0 unspecified atom stereocenters. The van der Waals surface area contributed by atoms with Gasteiger partial charge in [0.1, 0.15) is 11.6 Å². The van der Waals surface area contributed by atoms with Crippen molar-refractivity contribution in [3.05, 3.63) is 102 Å². The summed E-state index contributed by atoms with van der Waals surface area (Å²) >= 11 is 0. The van der Waals surface area contributed by atoms with E-state index in [1.807, 2.05) is 78.2 Å². The molecular formula is C27H20N4. The molecule has 4 nitrogen and oxygen atoms in total. The Kier molecular flexibility index (Phi) is 4.57. The molecular weight excluding hydrogens is 380 g/mol. The van der Waals surface area contributed by atoms with E-state index in [1.54, 1.807) is 0 Å². The Hall–Kier alpha value is -4.23. The monoisotopic (exact) mass is 400 g/mol. The minimum absolute atomic E-state index is 0.524. The van der Waals surface area contributed by atoms with Crippen LogP contribution in [0.5, 0.6) is 0 Å². The second-order valence-electron chi connectivity index (χ2n) is 7.60. The maximum Gasteiger partial charge on any atom is 0.182 e. The first-order valence-corrected chi connectivity index (χ1v) is 10.2. The molecule has 0 N–H and O–H groups in total. The lowest BCUT2D eigenvalue weighted by atomic mass is 9.97. The number of pyridine rings is 1. The molecule has 0 saturated carbocycles. The van der Waals surface area contributed by atoms with Crippen LogP contribution in [0.3, 0.4) is 0 Å². The molecule has 0 fully saturated rings. The van der Waals surface area contributed by atoms with Crippen molar-refractivity contribution >= 4 is 5.65 Å². The summed E-state index contributed by atoms with van der Waals surface area (Å²) in [6.45, 7) is 4.13. The predicted molar refractivity (Wildman–Crippen MR) is 123 cm³/mol. The maximum absolute atomic E-state index is 10.1. The van der Waals surface area contributed by atoms with Gasteiger partial charge in [-0.25, -0.2) is 9.50 Å². The van der Waals surface area contributed by atoms with E-state index in [0.29, 0.717) is 17.0 Å². The Labute approximate surface area is 181 Å². The Bertz CT molecular complexity index is 1460. The molecule has 0 aliphatic carbocycles. The van der Waals surface area contributed by atoms with Gasteiger partial charge >= 0.3 is 0 Å². The molecule has 0 amide bonds. The van der Waals surface area contributed by atoms with Crippen molar-refractivity contribution < 1.29 is 0 Å². The number of nitrogens with zero attached hydrogens (tertiary/aromatic N) is 4. The fourth-order valence-corrected chi connectivity index (χ4v) is 3.98. The van der Waals surface area contributed by atoms with Gasteiger partial charge in [0.2, 0.25) is 0 Å². The van der Waals surface area contributed by atoms with Crippen LogP contribution in [0.15, 0.2) is 84.9 Å². The van der Waals surface area contributed by atoms with E-state index in [4.69, 9.17) is 10.1 Å². The molecule has 2 heterocycles. The van der Waals surface area contributed by atoms with Crippen LogP contribution in [-0.4, -0.2) is 14.6 Å². The van der Waals surface area contributed by atoms with Crippen molar-refractivity contribution in [2.24, 2.45) is 0 Å². The average Bonchev–Trinajstić information content (AvgIpc) is 3.24. The SMILES string of the molecule is Cc1ccccc1-c1nc2c(C#N)c(-c3ccccc3)cc(-c3ccccc3C)n2n1. The van der Waals surface area contributed by atoms with Gasteiger partial charge in [-0.05, 0) is 36.6 Å². The highest BCUT2D eigenvalue weighted by molar-refractivity contribution is 5.83. The third-order valence-corrected chi connectivity index (χ3v) is 5.61. The van der Waals surface area contributed by atoms with Gasteiger partial charge < -0.3 is 0 Å². The fourth-order valence-electron chi connectivity index (χ4n) is 3.98. The lowest BCUT2D eigenvalue weighted by molar-refractivity contribution is 0.970. The van der Waals surface area contributed by atoms with Crippen LogP contribution in [0.25, 0.3) is 39.4 Å². The molecule has 0 spiro atoms. The third-order valence-electron chi connectivity index (χ3n) is 5.61. The molecule has 2 aromatic heterocycles. The summed E-state index contributed by atoms with van der Waals surface area (Å²) in [4.78, 5) is 4.85. The van der Waals surface area contributed by atoms with E-state index < -0.39 is 0 Å². The van der Waals surface area contributed by atoms with Crippen LogP contribution in [0, 0.1) is 25.2 Å². The Morgan fingerprint density at radius 1 is 0.742 bits per heavy atom. The van der Waals surface area contributed by atoms with Crippen molar-refractivity contribution in [1.82, 2.24) is 14.6 Å². The summed E-state index contributed by atoms with van der Waals surface area (Å²) < 4.78 is 1.81. The minimum atomic E-state index is 0.524. The zero-order valence-electron chi connectivity index (χ0n) is 17.4. The van der Waals surface area contributed by atoms with E-state index in [9.17, 15) is 5.26 Å². The summed E-state index contributed by atoms with van der Waals surface area (Å²) in [5.41, 5.74) is 8.12. The first-order chi connectivity index (χ1) is 15.2. The van der Waals surface area contributed by atoms with Gasteiger partial charge in [0.25, 0.3) is 0 Å². The van der Waals surface area contributed by atoms with Gasteiger partial charge in [-0.3, -0.25) is 0 Å². The first-order valence-electron chi connectivity index (χ1n) is 10.2. The fraction of sp³-hybridized carbons (Fsp3) is 0.0741. The highest BCUT2D eigenvalue weighted by Crippen LogP contribution is 2.34. The number of aryl methyl sites for hydroxylation is 2. The molecule has 0 radical (unpaired) electrons. The van der Waals surface area contributed by atoms with Crippen LogP contribution < -0.4 is 0 Å². The van der Waals surface area contributed by atoms with Gasteiger partial charge in [-0.15, -0.1) is 5.10 Å². The number of nitriles is 1. The molecule has 5 aromatic rings. The van der Waals surface area contributed by atoms with Crippen LogP contribution in [0.2, 0.25) is 0 Å². The molecule has 3 aromatic carbocycles. The summed E-state index contributed by atoms with van der Waals surface area (Å²) in [7, 11) is 0. The lowest BCUT2D eigenvalue weighted by Gasteiger charge is -2.12.